The standard InChI is InChI=1S/C28H40N4O.ClH/c1-2-3-4-5-6-7-8-9-13-18-27(33)30-24-19-20-26-25(22-24)31-28(29)32(26)21-14-17-23-15-11-10-12-16-23;/h10-12,15-16,19-20,22H,2-9,13-14,17-18,21H2,1H3,(H2,29,31)(H,30,33);1H. The SMILES string of the molecule is CCCCCCCCCCCC(=O)Nc1ccc2c(c1)nc(N)n2CCCc1ccccc1.Cl. The number of carbonyl (C=O) groups is 1. The number of aryl methyl sites for hydroxylation is 2. The fourth-order valence-corrected chi connectivity index (χ4v) is 4.37. The maximum Gasteiger partial charge on any atom is 0.224 e. The molecule has 1 heterocycles. The number of aromatic nitrogens is 2. The summed E-state index contributed by atoms with van der Waals surface area (Å²) < 4.78 is 2.06. The van der Waals surface area contributed by atoms with Gasteiger partial charge in [0.1, 0.15) is 0 Å². The minimum Gasteiger partial charge on any atom is -0.369 e. The lowest BCUT2D eigenvalue weighted by atomic mass is 10.1. The minimum atomic E-state index is 0. The average molecular weight is 485 g/mol. The zero-order chi connectivity index (χ0) is 23.3. The van der Waals surface area contributed by atoms with Gasteiger partial charge in [-0.05, 0) is 43.0 Å². The molecule has 0 radical (unpaired) electrons. The summed E-state index contributed by atoms with van der Waals surface area (Å²) in [5.74, 6) is 0.601. The molecule has 0 aliphatic rings. The number of hydrogen-bond donors (Lipinski definition) is 2. The highest BCUT2D eigenvalue weighted by molar-refractivity contribution is 5.93. The molecule has 1 aromatic heterocycles. The number of anilines is 2. The normalized spacial score (nSPS) is 10.9. The first-order chi connectivity index (χ1) is 16.2. The zero-order valence-electron chi connectivity index (χ0n) is 20.6. The first-order valence-corrected chi connectivity index (χ1v) is 12.8. The van der Waals surface area contributed by atoms with E-state index in [2.05, 4.69) is 46.1 Å². The molecule has 3 rings (SSSR count). The fourth-order valence-electron chi connectivity index (χ4n) is 4.37. The molecule has 0 fully saturated rings. The van der Waals surface area contributed by atoms with Gasteiger partial charge in [0.25, 0.3) is 0 Å². The van der Waals surface area contributed by atoms with Gasteiger partial charge in [0.05, 0.1) is 11.0 Å². The molecule has 5 nitrogen and oxygen atoms in total. The predicted octanol–water partition coefficient (Wildman–Crippen LogP) is 7.53. The van der Waals surface area contributed by atoms with E-state index in [0.29, 0.717) is 12.4 Å². The van der Waals surface area contributed by atoms with Crippen molar-refractivity contribution < 1.29 is 4.79 Å². The Hall–Kier alpha value is -2.53. The van der Waals surface area contributed by atoms with Crippen LogP contribution in [-0.4, -0.2) is 15.5 Å². The van der Waals surface area contributed by atoms with Crippen LogP contribution >= 0.6 is 12.4 Å². The van der Waals surface area contributed by atoms with Crippen molar-refractivity contribution in [3.8, 4) is 0 Å². The first-order valence-electron chi connectivity index (χ1n) is 12.8. The van der Waals surface area contributed by atoms with Crippen LogP contribution in [0.4, 0.5) is 11.6 Å². The predicted molar refractivity (Wildman–Crippen MR) is 147 cm³/mol. The van der Waals surface area contributed by atoms with Crippen LogP contribution in [0.25, 0.3) is 11.0 Å². The summed E-state index contributed by atoms with van der Waals surface area (Å²) >= 11 is 0. The van der Waals surface area contributed by atoms with Crippen LogP contribution in [0.5, 0.6) is 0 Å². The minimum absolute atomic E-state index is 0. The highest BCUT2D eigenvalue weighted by Crippen LogP contribution is 2.23. The third-order valence-electron chi connectivity index (χ3n) is 6.26. The number of nitrogens with zero attached hydrogens (tertiary/aromatic N) is 2. The molecule has 0 atom stereocenters. The number of amides is 1. The Morgan fingerprint density at radius 2 is 1.59 bits per heavy atom. The summed E-state index contributed by atoms with van der Waals surface area (Å²) in [5, 5.41) is 3.02. The van der Waals surface area contributed by atoms with E-state index in [4.69, 9.17) is 5.73 Å². The fraction of sp³-hybridized carbons (Fsp3) is 0.500. The van der Waals surface area contributed by atoms with Gasteiger partial charge in [-0.25, -0.2) is 4.98 Å². The van der Waals surface area contributed by atoms with Gasteiger partial charge < -0.3 is 15.6 Å². The number of carbonyl (C=O) groups excluding carboxylic acids is 1. The number of rotatable bonds is 15. The number of unbranched alkanes of at least 4 members (excludes halogenated alkanes) is 8. The van der Waals surface area contributed by atoms with Gasteiger partial charge in [0.15, 0.2) is 0 Å². The topological polar surface area (TPSA) is 72.9 Å². The molecular weight excluding hydrogens is 444 g/mol. The molecule has 0 aliphatic heterocycles. The Bertz CT molecular complexity index is 987. The lowest BCUT2D eigenvalue weighted by Gasteiger charge is -2.08. The smallest absolute Gasteiger partial charge is 0.224 e. The second-order valence-electron chi connectivity index (χ2n) is 9.04. The van der Waals surface area contributed by atoms with E-state index in [1.165, 1.54) is 50.5 Å². The third-order valence-corrected chi connectivity index (χ3v) is 6.26. The largest absolute Gasteiger partial charge is 0.369 e. The lowest BCUT2D eigenvalue weighted by molar-refractivity contribution is -0.116. The summed E-state index contributed by atoms with van der Waals surface area (Å²) in [6, 6.07) is 16.4. The van der Waals surface area contributed by atoms with Crippen LogP contribution in [0.2, 0.25) is 0 Å². The van der Waals surface area contributed by atoms with Crippen molar-refractivity contribution in [1.82, 2.24) is 9.55 Å². The molecular formula is C28H41ClN4O. The summed E-state index contributed by atoms with van der Waals surface area (Å²) in [6.45, 7) is 3.07. The van der Waals surface area contributed by atoms with Crippen molar-refractivity contribution in [2.24, 2.45) is 0 Å². The Kier molecular flexibility index (Phi) is 12.5. The van der Waals surface area contributed by atoms with E-state index < -0.39 is 0 Å². The van der Waals surface area contributed by atoms with Crippen LogP contribution in [0.3, 0.4) is 0 Å². The van der Waals surface area contributed by atoms with Crippen molar-refractivity contribution in [2.75, 3.05) is 11.1 Å². The van der Waals surface area contributed by atoms with Crippen molar-refractivity contribution >= 4 is 41.0 Å². The van der Waals surface area contributed by atoms with E-state index in [1.54, 1.807) is 0 Å². The van der Waals surface area contributed by atoms with Gasteiger partial charge in [-0.2, -0.15) is 0 Å². The molecule has 3 N–H and O–H groups in total. The quantitative estimate of drug-likeness (QED) is 0.219. The molecule has 2 aromatic carbocycles. The van der Waals surface area contributed by atoms with E-state index in [-0.39, 0.29) is 18.3 Å². The molecule has 186 valence electrons. The summed E-state index contributed by atoms with van der Waals surface area (Å²) in [7, 11) is 0. The van der Waals surface area contributed by atoms with E-state index >= 15 is 0 Å². The summed E-state index contributed by atoms with van der Waals surface area (Å²) in [6.07, 6.45) is 13.9. The molecule has 0 spiro atoms. The van der Waals surface area contributed by atoms with Gasteiger partial charge in [0.2, 0.25) is 11.9 Å². The molecule has 34 heavy (non-hydrogen) atoms. The average Bonchev–Trinajstić information content (AvgIpc) is 3.13. The van der Waals surface area contributed by atoms with Crippen molar-refractivity contribution in [2.45, 2.75) is 90.5 Å². The molecule has 0 aliphatic carbocycles. The number of nitrogens with two attached hydrogens (primary N) is 1. The second-order valence-corrected chi connectivity index (χ2v) is 9.04. The first kappa shape index (κ1) is 27.7. The monoisotopic (exact) mass is 484 g/mol. The Balaban J connectivity index is 0.00000408. The zero-order valence-corrected chi connectivity index (χ0v) is 21.4. The molecule has 1 amide bonds. The molecule has 6 heteroatoms. The Labute approximate surface area is 210 Å². The lowest BCUT2D eigenvalue weighted by Crippen LogP contribution is -2.11. The van der Waals surface area contributed by atoms with Crippen LogP contribution in [0.1, 0.15) is 83.1 Å². The second kappa shape index (κ2) is 15.4. The van der Waals surface area contributed by atoms with E-state index in [9.17, 15) is 4.79 Å². The highest BCUT2D eigenvalue weighted by atomic mass is 35.5. The maximum atomic E-state index is 12.3. The Morgan fingerprint density at radius 3 is 2.29 bits per heavy atom. The number of halogens is 1. The molecule has 0 saturated carbocycles. The summed E-state index contributed by atoms with van der Waals surface area (Å²) in [4.78, 5) is 16.9. The van der Waals surface area contributed by atoms with Crippen LogP contribution in [-0.2, 0) is 17.8 Å². The highest BCUT2D eigenvalue weighted by Gasteiger charge is 2.10. The van der Waals surface area contributed by atoms with Crippen molar-refractivity contribution in [3.05, 3.63) is 54.1 Å². The molecule has 0 bridgehead atoms. The van der Waals surface area contributed by atoms with Gasteiger partial charge in [-0.3, -0.25) is 4.79 Å². The van der Waals surface area contributed by atoms with Crippen molar-refractivity contribution in [3.63, 3.8) is 0 Å². The van der Waals surface area contributed by atoms with Crippen molar-refractivity contribution in [1.29, 1.82) is 0 Å². The van der Waals surface area contributed by atoms with E-state index in [0.717, 1.165) is 48.9 Å². The summed E-state index contributed by atoms with van der Waals surface area (Å²) in [5.41, 5.74) is 10.1. The van der Waals surface area contributed by atoms with Gasteiger partial charge >= 0.3 is 0 Å². The van der Waals surface area contributed by atoms with Crippen LogP contribution in [0.15, 0.2) is 48.5 Å². The van der Waals surface area contributed by atoms with E-state index in [1.807, 2.05) is 24.3 Å². The molecule has 0 saturated heterocycles. The van der Waals surface area contributed by atoms with Crippen LogP contribution < -0.4 is 11.1 Å². The number of imidazole rings is 1. The number of fused-ring (bicyclic) bond motifs is 1. The number of hydrogen-bond acceptors (Lipinski definition) is 3. The number of benzene rings is 2. The third kappa shape index (κ3) is 9.02. The van der Waals surface area contributed by atoms with Gasteiger partial charge in [-0.1, -0.05) is 88.6 Å². The maximum absolute atomic E-state index is 12.3. The Morgan fingerprint density at radius 1 is 0.912 bits per heavy atom. The number of nitrogen functional groups attached to an aromatic ring is 1. The van der Waals surface area contributed by atoms with Crippen LogP contribution in [0, 0.1) is 0 Å². The number of nitrogens with one attached hydrogen (secondary N) is 1. The molecule has 0 unspecified atom stereocenters. The van der Waals surface area contributed by atoms with Gasteiger partial charge in [0, 0.05) is 18.7 Å². The molecule has 3 aromatic rings. The van der Waals surface area contributed by atoms with Gasteiger partial charge in [-0.15, -0.1) is 12.4 Å².